The molecular weight excluding hydrogens is 430 g/mol. The lowest BCUT2D eigenvalue weighted by Crippen LogP contribution is -2.22. The zero-order valence-corrected chi connectivity index (χ0v) is 17.9. The van der Waals surface area contributed by atoms with Crippen molar-refractivity contribution in [3.8, 4) is 0 Å². The molecule has 2 aromatic carbocycles. The van der Waals surface area contributed by atoms with Gasteiger partial charge in [0, 0.05) is 12.2 Å². The van der Waals surface area contributed by atoms with Crippen LogP contribution in [0.5, 0.6) is 0 Å². The number of sulfonamides is 1. The number of nitrogens with two attached hydrogens (primary N) is 1. The van der Waals surface area contributed by atoms with Crippen molar-refractivity contribution in [2.24, 2.45) is 5.14 Å². The van der Waals surface area contributed by atoms with Crippen LogP contribution in [-0.2, 0) is 21.4 Å². The highest BCUT2D eigenvalue weighted by Crippen LogP contribution is 2.29. The largest absolute Gasteiger partial charge is 0.356 e. The summed E-state index contributed by atoms with van der Waals surface area (Å²) >= 11 is 2.64. The fourth-order valence-electron chi connectivity index (χ4n) is 2.30. The van der Waals surface area contributed by atoms with E-state index in [0.29, 0.717) is 21.7 Å². The molecule has 8 nitrogen and oxygen atoms in total. The van der Waals surface area contributed by atoms with E-state index in [9.17, 15) is 13.2 Å². The van der Waals surface area contributed by atoms with Crippen molar-refractivity contribution in [3.05, 3.63) is 60.2 Å². The monoisotopic (exact) mass is 449 g/mol. The van der Waals surface area contributed by atoms with Gasteiger partial charge in [0.05, 0.1) is 10.1 Å². The fraction of sp³-hybridized carbons (Fsp3) is 0.167. The molecule has 0 fully saturated rings. The second-order valence-corrected chi connectivity index (χ2v) is 10.2. The fourth-order valence-corrected chi connectivity index (χ4v) is 4.75. The minimum absolute atomic E-state index is 0.0612. The van der Waals surface area contributed by atoms with Gasteiger partial charge in [-0.25, -0.2) is 13.6 Å². The quantitative estimate of drug-likeness (QED) is 0.451. The molecular formula is C18H19N5O3S3. The van der Waals surface area contributed by atoms with E-state index in [1.807, 2.05) is 30.3 Å². The minimum Gasteiger partial charge on any atom is -0.356 e. The van der Waals surface area contributed by atoms with Crippen molar-refractivity contribution in [1.29, 1.82) is 0 Å². The van der Waals surface area contributed by atoms with E-state index in [-0.39, 0.29) is 10.8 Å². The maximum atomic E-state index is 12.4. The molecule has 152 valence electrons. The van der Waals surface area contributed by atoms with Crippen LogP contribution < -0.4 is 15.8 Å². The first-order valence-corrected chi connectivity index (χ1v) is 11.8. The summed E-state index contributed by atoms with van der Waals surface area (Å²) in [6.45, 7) is 2.37. The molecule has 0 aliphatic heterocycles. The Kier molecular flexibility index (Phi) is 6.85. The number of benzene rings is 2. The van der Waals surface area contributed by atoms with Crippen LogP contribution in [0, 0.1) is 0 Å². The molecule has 0 saturated heterocycles. The van der Waals surface area contributed by atoms with E-state index in [0.717, 1.165) is 5.56 Å². The summed E-state index contributed by atoms with van der Waals surface area (Å²) < 4.78 is 23.5. The molecule has 0 saturated carbocycles. The summed E-state index contributed by atoms with van der Waals surface area (Å²) in [7, 11) is -3.83. The van der Waals surface area contributed by atoms with Crippen LogP contribution >= 0.6 is 23.1 Å². The van der Waals surface area contributed by atoms with Gasteiger partial charge in [0.2, 0.25) is 21.1 Å². The molecule has 1 heterocycles. The smallest absolute Gasteiger partial charge is 0.238 e. The van der Waals surface area contributed by atoms with E-state index in [1.54, 1.807) is 13.0 Å². The normalized spacial score (nSPS) is 12.3. The maximum Gasteiger partial charge on any atom is 0.238 e. The standard InChI is InChI=1S/C18H19N5O3S3/c1-12(16(24)21-14-8-5-9-15(10-14)29(19,25)26)27-18-23-22-17(28-18)20-11-13-6-3-2-4-7-13/h2-10,12H,11H2,1H3,(H,20,22)(H,21,24)(H2,19,25,26). The number of hydrogen-bond donors (Lipinski definition) is 3. The molecule has 0 spiro atoms. The van der Waals surface area contributed by atoms with E-state index in [4.69, 9.17) is 5.14 Å². The van der Waals surface area contributed by atoms with Crippen molar-refractivity contribution < 1.29 is 13.2 Å². The van der Waals surface area contributed by atoms with Gasteiger partial charge in [-0.05, 0) is 30.7 Å². The number of nitrogens with one attached hydrogen (secondary N) is 2. The molecule has 1 unspecified atom stereocenters. The second-order valence-electron chi connectivity index (χ2n) is 6.03. The van der Waals surface area contributed by atoms with Gasteiger partial charge in [-0.15, -0.1) is 10.2 Å². The third kappa shape index (κ3) is 6.26. The molecule has 1 amide bonds. The van der Waals surface area contributed by atoms with E-state index in [2.05, 4.69) is 20.8 Å². The molecule has 1 aromatic heterocycles. The first kappa shape index (κ1) is 21.2. The van der Waals surface area contributed by atoms with Gasteiger partial charge in [0.1, 0.15) is 0 Å². The molecule has 0 aliphatic carbocycles. The number of primary sulfonamides is 1. The maximum absolute atomic E-state index is 12.4. The van der Waals surface area contributed by atoms with Crippen molar-refractivity contribution in [3.63, 3.8) is 0 Å². The lowest BCUT2D eigenvalue weighted by atomic mass is 10.2. The lowest BCUT2D eigenvalue weighted by molar-refractivity contribution is -0.115. The Balaban J connectivity index is 1.55. The van der Waals surface area contributed by atoms with E-state index >= 15 is 0 Å². The van der Waals surface area contributed by atoms with Gasteiger partial charge in [-0.2, -0.15) is 0 Å². The predicted molar refractivity (Wildman–Crippen MR) is 115 cm³/mol. The zero-order chi connectivity index (χ0) is 20.9. The van der Waals surface area contributed by atoms with Crippen molar-refractivity contribution >= 4 is 49.8 Å². The molecule has 11 heteroatoms. The van der Waals surface area contributed by atoms with Gasteiger partial charge in [-0.1, -0.05) is 59.5 Å². The molecule has 3 rings (SSSR count). The summed E-state index contributed by atoms with van der Waals surface area (Å²) in [6, 6.07) is 15.7. The number of anilines is 2. The third-order valence-corrected chi connectivity index (χ3v) is 6.75. The van der Waals surface area contributed by atoms with Gasteiger partial charge in [0.25, 0.3) is 0 Å². The summed E-state index contributed by atoms with van der Waals surface area (Å²) in [5.41, 5.74) is 1.49. The van der Waals surface area contributed by atoms with Crippen molar-refractivity contribution in [1.82, 2.24) is 10.2 Å². The second kappa shape index (κ2) is 9.35. The van der Waals surface area contributed by atoms with Crippen LogP contribution in [0.25, 0.3) is 0 Å². The lowest BCUT2D eigenvalue weighted by Gasteiger charge is -2.11. The summed E-state index contributed by atoms with van der Waals surface area (Å²) in [4.78, 5) is 12.4. The van der Waals surface area contributed by atoms with Gasteiger partial charge < -0.3 is 10.6 Å². The molecule has 29 heavy (non-hydrogen) atoms. The average molecular weight is 450 g/mol. The highest BCUT2D eigenvalue weighted by Gasteiger charge is 2.18. The van der Waals surface area contributed by atoms with Crippen LogP contribution in [-0.4, -0.2) is 29.8 Å². The molecule has 0 radical (unpaired) electrons. The number of thioether (sulfide) groups is 1. The van der Waals surface area contributed by atoms with Gasteiger partial charge >= 0.3 is 0 Å². The number of amides is 1. The van der Waals surface area contributed by atoms with E-state index < -0.39 is 15.3 Å². The Morgan fingerprint density at radius 3 is 2.66 bits per heavy atom. The van der Waals surface area contributed by atoms with E-state index in [1.165, 1.54) is 41.3 Å². The van der Waals surface area contributed by atoms with Crippen molar-refractivity contribution in [2.45, 2.75) is 28.0 Å². The topological polar surface area (TPSA) is 127 Å². The summed E-state index contributed by atoms with van der Waals surface area (Å²) in [5, 5.41) is 19.4. The number of nitrogens with zero attached hydrogens (tertiary/aromatic N) is 2. The van der Waals surface area contributed by atoms with Crippen LogP contribution in [0.15, 0.2) is 63.8 Å². The van der Waals surface area contributed by atoms with Crippen LogP contribution in [0.3, 0.4) is 0 Å². The number of rotatable bonds is 8. The van der Waals surface area contributed by atoms with Crippen LogP contribution in [0.1, 0.15) is 12.5 Å². The number of carbonyl (C=O) groups is 1. The SMILES string of the molecule is CC(Sc1nnc(NCc2ccccc2)s1)C(=O)Nc1cccc(S(N)(=O)=O)c1. The highest BCUT2D eigenvalue weighted by molar-refractivity contribution is 8.02. The average Bonchev–Trinajstić information content (AvgIpc) is 3.14. The first-order chi connectivity index (χ1) is 13.8. The number of hydrogen-bond acceptors (Lipinski definition) is 8. The Bertz CT molecular complexity index is 1090. The van der Waals surface area contributed by atoms with Gasteiger partial charge in [-0.3, -0.25) is 4.79 Å². The molecule has 3 aromatic rings. The predicted octanol–water partition coefficient (Wildman–Crippen LogP) is 2.92. The number of aromatic nitrogens is 2. The summed E-state index contributed by atoms with van der Waals surface area (Å²) in [5.74, 6) is -0.282. The zero-order valence-electron chi connectivity index (χ0n) is 15.4. The summed E-state index contributed by atoms with van der Waals surface area (Å²) in [6.07, 6.45) is 0. The Labute approximate surface area is 177 Å². The Hall–Kier alpha value is -2.47. The minimum atomic E-state index is -3.83. The Morgan fingerprint density at radius 2 is 1.93 bits per heavy atom. The molecule has 0 bridgehead atoms. The van der Waals surface area contributed by atoms with Crippen LogP contribution in [0.2, 0.25) is 0 Å². The number of carbonyl (C=O) groups excluding carboxylic acids is 1. The van der Waals surface area contributed by atoms with Crippen molar-refractivity contribution in [2.75, 3.05) is 10.6 Å². The highest BCUT2D eigenvalue weighted by atomic mass is 32.2. The molecule has 4 N–H and O–H groups in total. The Morgan fingerprint density at radius 1 is 1.17 bits per heavy atom. The van der Waals surface area contributed by atoms with Gasteiger partial charge in [0.15, 0.2) is 4.34 Å². The molecule has 0 aliphatic rings. The molecule has 1 atom stereocenters. The first-order valence-electron chi connectivity index (χ1n) is 8.53. The third-order valence-electron chi connectivity index (χ3n) is 3.77. The van der Waals surface area contributed by atoms with Crippen LogP contribution in [0.4, 0.5) is 10.8 Å².